The lowest BCUT2D eigenvalue weighted by atomic mass is 10.1. The van der Waals surface area contributed by atoms with Gasteiger partial charge in [-0.2, -0.15) is 0 Å². The van der Waals surface area contributed by atoms with Crippen molar-refractivity contribution in [3.63, 3.8) is 0 Å². The lowest BCUT2D eigenvalue weighted by Crippen LogP contribution is -2.37. The minimum atomic E-state index is -0.644. The summed E-state index contributed by atoms with van der Waals surface area (Å²) in [6.45, 7) is 3.58. The molecule has 1 atom stereocenters. The molecule has 192 valence electrons. The molecule has 0 aliphatic heterocycles. The van der Waals surface area contributed by atoms with Gasteiger partial charge in [0, 0.05) is 18.7 Å². The Morgan fingerprint density at radius 2 is 1.81 bits per heavy atom. The fourth-order valence-corrected chi connectivity index (χ4v) is 5.45. The quantitative estimate of drug-likeness (QED) is 0.166. The minimum Gasteiger partial charge on any atom is -0.348 e. The summed E-state index contributed by atoms with van der Waals surface area (Å²) in [5, 5.41) is 6.47. The smallest absolute Gasteiger partial charge is 0.240 e. The Labute approximate surface area is 224 Å². The van der Waals surface area contributed by atoms with Gasteiger partial charge >= 0.3 is 0 Å². The first-order valence-corrected chi connectivity index (χ1v) is 13.4. The second kappa shape index (κ2) is 12.9. The molecule has 4 aromatic rings. The molecule has 4 rings (SSSR count). The third-order valence-corrected chi connectivity index (χ3v) is 7.42. The lowest BCUT2D eigenvalue weighted by Gasteiger charge is -2.17. The van der Waals surface area contributed by atoms with E-state index < -0.39 is 11.6 Å². The van der Waals surface area contributed by atoms with Gasteiger partial charge in [0.05, 0.1) is 10.2 Å². The number of carbonyl (C=O) groups is 1. The molecule has 1 unspecified atom stereocenters. The van der Waals surface area contributed by atoms with Crippen molar-refractivity contribution in [1.82, 2.24) is 15.2 Å². The number of halogens is 2. The highest BCUT2D eigenvalue weighted by Crippen LogP contribution is 2.22. The van der Waals surface area contributed by atoms with Gasteiger partial charge < -0.3 is 15.2 Å². The lowest BCUT2D eigenvalue weighted by molar-refractivity contribution is -0.122. The maximum absolute atomic E-state index is 13.6. The van der Waals surface area contributed by atoms with Crippen molar-refractivity contribution in [1.29, 1.82) is 0 Å². The molecule has 3 aromatic carbocycles. The number of aryl methyl sites for hydroxylation is 1. The first-order valence-electron chi connectivity index (χ1n) is 12.2. The molecule has 1 heterocycles. The van der Waals surface area contributed by atoms with Crippen molar-refractivity contribution in [3.8, 4) is 0 Å². The van der Waals surface area contributed by atoms with Crippen molar-refractivity contribution in [2.24, 2.45) is 0 Å². The number of hydrogen-bond donors (Lipinski definition) is 2. The number of aromatic nitrogens is 1. The van der Waals surface area contributed by atoms with Gasteiger partial charge in [-0.3, -0.25) is 4.79 Å². The predicted molar refractivity (Wildman–Crippen MR) is 150 cm³/mol. The summed E-state index contributed by atoms with van der Waals surface area (Å²) in [6, 6.07) is 19.2. The second-order valence-corrected chi connectivity index (χ2v) is 10.5. The predicted octanol–water partition coefficient (Wildman–Crippen LogP) is 6.65. The van der Waals surface area contributed by atoms with E-state index in [1.54, 1.807) is 12.2 Å². The normalized spacial score (nSPS) is 12.3. The number of hydrogen-bond acceptors (Lipinski definition) is 4. The Bertz CT molecular complexity index is 1440. The van der Waals surface area contributed by atoms with Crippen LogP contribution >= 0.6 is 23.6 Å². The zero-order valence-corrected chi connectivity index (χ0v) is 22.2. The first-order chi connectivity index (χ1) is 17.9. The van der Waals surface area contributed by atoms with Gasteiger partial charge in [0.2, 0.25) is 5.91 Å². The number of amides is 1. The van der Waals surface area contributed by atoms with Gasteiger partial charge in [-0.1, -0.05) is 55.5 Å². The highest BCUT2D eigenvalue weighted by Gasteiger charge is 2.13. The highest BCUT2D eigenvalue weighted by molar-refractivity contribution is 7.73. The molecule has 4 nitrogen and oxygen atoms in total. The SMILES string of the molecule is CCc1cccc(CNCCC(/C=C/c2cc(F)cc(F)c2)NC(=O)Cn2c(=S)sc3ccccc32)c1. The van der Waals surface area contributed by atoms with Gasteiger partial charge in [-0.15, -0.1) is 11.3 Å². The molecule has 0 spiro atoms. The molecule has 1 amide bonds. The summed E-state index contributed by atoms with van der Waals surface area (Å²) < 4.78 is 30.8. The molecule has 0 radical (unpaired) electrons. The second-order valence-electron chi connectivity index (χ2n) is 8.80. The molecule has 1 aromatic heterocycles. The maximum atomic E-state index is 13.6. The summed E-state index contributed by atoms with van der Waals surface area (Å²) in [5.74, 6) is -1.47. The molecule has 0 saturated carbocycles. The monoisotopic (exact) mass is 537 g/mol. The van der Waals surface area contributed by atoms with Crippen LogP contribution in [0.3, 0.4) is 0 Å². The number of nitrogens with one attached hydrogen (secondary N) is 2. The van der Waals surface area contributed by atoms with Crippen molar-refractivity contribution in [3.05, 3.63) is 105 Å². The van der Waals surface area contributed by atoms with Crippen LogP contribution in [0, 0.1) is 15.6 Å². The summed E-state index contributed by atoms with van der Waals surface area (Å²) in [5.41, 5.74) is 3.80. The fraction of sp³-hybridized carbons (Fsp3) is 0.241. The molecular formula is C29H29F2N3OS2. The van der Waals surface area contributed by atoms with E-state index in [9.17, 15) is 13.6 Å². The Balaban J connectivity index is 1.43. The highest BCUT2D eigenvalue weighted by atomic mass is 32.1. The average molecular weight is 538 g/mol. The van der Waals surface area contributed by atoms with Gasteiger partial charge in [0.25, 0.3) is 0 Å². The van der Waals surface area contributed by atoms with Crippen LogP contribution in [-0.4, -0.2) is 23.1 Å². The number of rotatable bonds is 11. The minimum absolute atomic E-state index is 0.0962. The van der Waals surface area contributed by atoms with Crippen molar-refractivity contribution in [2.75, 3.05) is 6.54 Å². The van der Waals surface area contributed by atoms with Gasteiger partial charge in [-0.05, 0) is 72.6 Å². The molecule has 0 aliphatic carbocycles. The van der Waals surface area contributed by atoms with Crippen LogP contribution < -0.4 is 10.6 Å². The number of fused-ring (bicyclic) bond motifs is 1. The Morgan fingerprint density at radius 3 is 2.59 bits per heavy atom. The third kappa shape index (κ3) is 7.64. The number of thiazole rings is 1. The number of para-hydroxylation sites is 1. The van der Waals surface area contributed by atoms with Crippen LogP contribution in [0.5, 0.6) is 0 Å². The third-order valence-electron chi connectivity index (χ3n) is 5.99. The standard InChI is InChI=1S/C29H29F2N3OS2/c1-2-20-6-5-7-22(14-20)18-32-13-12-25(11-10-21-15-23(30)17-24(31)16-21)33-28(35)19-34-26-8-3-4-9-27(26)37-29(34)36/h3-11,14-17,25,32H,2,12-13,18-19H2,1H3,(H,33,35)/b11-10+. The molecule has 0 fully saturated rings. The molecule has 37 heavy (non-hydrogen) atoms. The van der Waals surface area contributed by atoms with Gasteiger partial charge in [0.1, 0.15) is 18.2 Å². The van der Waals surface area contributed by atoms with Crippen LogP contribution in [-0.2, 0) is 24.3 Å². The summed E-state index contributed by atoms with van der Waals surface area (Å²) >= 11 is 6.95. The van der Waals surface area contributed by atoms with Gasteiger partial charge in [0.15, 0.2) is 3.95 Å². The van der Waals surface area contributed by atoms with E-state index in [1.807, 2.05) is 28.8 Å². The number of carbonyl (C=O) groups excluding carboxylic acids is 1. The largest absolute Gasteiger partial charge is 0.348 e. The van der Waals surface area contributed by atoms with E-state index in [0.717, 1.165) is 22.7 Å². The first kappa shape index (κ1) is 26.9. The van der Waals surface area contributed by atoms with Crippen LogP contribution in [0.25, 0.3) is 16.3 Å². The Kier molecular flexibility index (Phi) is 9.33. The maximum Gasteiger partial charge on any atom is 0.240 e. The molecule has 0 bridgehead atoms. The summed E-state index contributed by atoms with van der Waals surface area (Å²) in [6.07, 6.45) is 4.99. The average Bonchev–Trinajstić information content (AvgIpc) is 3.19. The van der Waals surface area contributed by atoms with Crippen LogP contribution in [0.15, 0.2) is 72.8 Å². The van der Waals surface area contributed by atoms with Crippen molar-refractivity contribution >= 4 is 45.8 Å². The fourth-order valence-electron chi connectivity index (χ4n) is 4.12. The molecular weight excluding hydrogens is 508 g/mol. The summed E-state index contributed by atoms with van der Waals surface area (Å²) in [4.78, 5) is 13.0. The Morgan fingerprint density at radius 1 is 1.05 bits per heavy atom. The van der Waals surface area contributed by atoms with Crippen molar-refractivity contribution in [2.45, 2.75) is 38.9 Å². The topological polar surface area (TPSA) is 46.1 Å². The van der Waals surface area contributed by atoms with Crippen LogP contribution in [0.4, 0.5) is 8.78 Å². The number of benzene rings is 3. The van der Waals surface area contributed by atoms with E-state index in [1.165, 1.54) is 34.6 Å². The Hall–Kier alpha value is -3.20. The van der Waals surface area contributed by atoms with Crippen molar-refractivity contribution < 1.29 is 13.6 Å². The zero-order valence-electron chi connectivity index (χ0n) is 20.5. The van der Waals surface area contributed by atoms with Gasteiger partial charge in [-0.25, -0.2) is 8.78 Å². The van der Waals surface area contributed by atoms with E-state index in [-0.39, 0.29) is 18.5 Å². The van der Waals surface area contributed by atoms with E-state index >= 15 is 0 Å². The van der Waals surface area contributed by atoms with E-state index in [4.69, 9.17) is 12.2 Å². The zero-order chi connectivity index (χ0) is 26.2. The summed E-state index contributed by atoms with van der Waals surface area (Å²) in [7, 11) is 0. The molecule has 0 saturated heterocycles. The van der Waals surface area contributed by atoms with E-state index in [0.29, 0.717) is 29.0 Å². The molecule has 8 heteroatoms. The number of nitrogens with zero attached hydrogens (tertiary/aromatic N) is 1. The van der Waals surface area contributed by atoms with E-state index in [2.05, 4.69) is 41.8 Å². The molecule has 0 aliphatic rings. The molecule has 2 N–H and O–H groups in total. The van der Waals surface area contributed by atoms with Crippen LogP contribution in [0.2, 0.25) is 0 Å². The van der Waals surface area contributed by atoms with Crippen LogP contribution in [0.1, 0.15) is 30.0 Å².